The Morgan fingerprint density at radius 3 is 2.53 bits per heavy atom. The zero-order valence-electron chi connectivity index (χ0n) is 9.33. The van der Waals surface area contributed by atoms with E-state index in [-0.39, 0.29) is 5.41 Å². The van der Waals surface area contributed by atoms with Gasteiger partial charge in [-0.2, -0.15) is 0 Å². The Bertz CT molecular complexity index is 342. The normalized spacial score (nSPS) is 27.4. The Labute approximate surface area is 91.5 Å². The number of benzene rings is 1. The predicted molar refractivity (Wildman–Crippen MR) is 61.9 cm³/mol. The van der Waals surface area contributed by atoms with Gasteiger partial charge >= 0.3 is 0 Å². The van der Waals surface area contributed by atoms with Crippen molar-refractivity contribution >= 4 is 5.78 Å². The summed E-state index contributed by atoms with van der Waals surface area (Å²) < 4.78 is 0. The molecule has 0 saturated heterocycles. The van der Waals surface area contributed by atoms with E-state index in [1.165, 1.54) is 18.4 Å². The van der Waals surface area contributed by atoms with E-state index >= 15 is 0 Å². The van der Waals surface area contributed by atoms with E-state index in [9.17, 15) is 4.79 Å². The summed E-state index contributed by atoms with van der Waals surface area (Å²) >= 11 is 0. The molecule has 0 aromatic heterocycles. The monoisotopic (exact) mass is 202 g/mol. The van der Waals surface area contributed by atoms with Crippen LogP contribution in [-0.4, -0.2) is 5.78 Å². The molecule has 0 amide bonds. The van der Waals surface area contributed by atoms with Crippen molar-refractivity contribution in [1.29, 1.82) is 0 Å². The van der Waals surface area contributed by atoms with Crippen LogP contribution in [0.4, 0.5) is 0 Å². The van der Waals surface area contributed by atoms with Crippen LogP contribution in [-0.2, 0) is 10.2 Å². The van der Waals surface area contributed by atoms with Crippen molar-refractivity contribution in [2.45, 2.75) is 44.4 Å². The molecule has 80 valence electrons. The number of rotatable bonds is 1. The minimum atomic E-state index is -0.224. The molecule has 1 fully saturated rings. The standard InChI is InChI=1S/C14H18O/c1-14(12-8-4-2-5-9-12)11-7-3-6-10-13(14)15/h2,4-5,8-9H,3,6-7,10-11H2,1H3. The van der Waals surface area contributed by atoms with Gasteiger partial charge in [0.15, 0.2) is 0 Å². The molecule has 0 heterocycles. The Balaban J connectivity index is 2.34. The van der Waals surface area contributed by atoms with Crippen LogP contribution in [0, 0.1) is 0 Å². The van der Waals surface area contributed by atoms with Crippen LogP contribution in [0.25, 0.3) is 0 Å². The minimum Gasteiger partial charge on any atom is -0.299 e. The second-order valence-corrected chi connectivity index (χ2v) is 4.68. The topological polar surface area (TPSA) is 17.1 Å². The van der Waals surface area contributed by atoms with E-state index in [1.54, 1.807) is 0 Å². The zero-order chi connectivity index (χ0) is 10.7. The summed E-state index contributed by atoms with van der Waals surface area (Å²) in [4.78, 5) is 12.1. The number of hydrogen-bond donors (Lipinski definition) is 0. The van der Waals surface area contributed by atoms with Crippen LogP contribution in [0.15, 0.2) is 30.3 Å². The molecular formula is C14H18O. The molecule has 1 nitrogen and oxygen atoms in total. The van der Waals surface area contributed by atoms with Crippen LogP contribution in [0.1, 0.15) is 44.6 Å². The van der Waals surface area contributed by atoms with Crippen molar-refractivity contribution in [3.05, 3.63) is 35.9 Å². The summed E-state index contributed by atoms with van der Waals surface area (Å²) in [7, 11) is 0. The molecule has 1 aliphatic rings. The van der Waals surface area contributed by atoms with E-state index in [1.807, 2.05) is 18.2 Å². The lowest BCUT2D eigenvalue weighted by Gasteiger charge is -2.27. The SMILES string of the molecule is CC1(c2ccccc2)CCCCCC1=O. The van der Waals surface area contributed by atoms with Crippen LogP contribution in [0.5, 0.6) is 0 Å². The maximum atomic E-state index is 12.1. The first-order valence-corrected chi connectivity index (χ1v) is 5.82. The van der Waals surface area contributed by atoms with Crippen molar-refractivity contribution in [1.82, 2.24) is 0 Å². The van der Waals surface area contributed by atoms with Crippen LogP contribution in [0.2, 0.25) is 0 Å². The lowest BCUT2D eigenvalue weighted by molar-refractivity contribution is -0.123. The van der Waals surface area contributed by atoms with Gasteiger partial charge in [-0.05, 0) is 25.3 Å². The number of carbonyl (C=O) groups is 1. The molecule has 1 unspecified atom stereocenters. The maximum absolute atomic E-state index is 12.1. The summed E-state index contributed by atoms with van der Waals surface area (Å²) in [5.74, 6) is 0.422. The van der Waals surface area contributed by atoms with Crippen molar-refractivity contribution in [3.63, 3.8) is 0 Å². The maximum Gasteiger partial charge on any atom is 0.143 e. The zero-order valence-corrected chi connectivity index (χ0v) is 9.33. The molecule has 15 heavy (non-hydrogen) atoms. The van der Waals surface area contributed by atoms with Gasteiger partial charge in [0.05, 0.1) is 5.41 Å². The average Bonchev–Trinajstić information content (AvgIpc) is 2.44. The smallest absolute Gasteiger partial charge is 0.143 e. The molecule has 0 radical (unpaired) electrons. The largest absolute Gasteiger partial charge is 0.299 e. The van der Waals surface area contributed by atoms with Gasteiger partial charge in [-0.3, -0.25) is 4.79 Å². The second kappa shape index (κ2) is 4.18. The van der Waals surface area contributed by atoms with E-state index in [2.05, 4.69) is 19.1 Å². The number of ketones is 1. The van der Waals surface area contributed by atoms with Gasteiger partial charge in [-0.15, -0.1) is 0 Å². The molecule has 1 aliphatic carbocycles. The molecule has 1 aromatic rings. The summed E-state index contributed by atoms with van der Waals surface area (Å²) in [6.07, 6.45) is 5.22. The van der Waals surface area contributed by atoms with Gasteiger partial charge in [0, 0.05) is 6.42 Å². The second-order valence-electron chi connectivity index (χ2n) is 4.68. The first-order valence-electron chi connectivity index (χ1n) is 5.82. The Morgan fingerprint density at radius 2 is 1.80 bits per heavy atom. The van der Waals surface area contributed by atoms with Gasteiger partial charge in [0.25, 0.3) is 0 Å². The first kappa shape index (κ1) is 10.4. The Kier molecular flexibility index (Phi) is 2.90. The molecule has 1 aromatic carbocycles. The van der Waals surface area contributed by atoms with Crippen molar-refractivity contribution in [3.8, 4) is 0 Å². The number of carbonyl (C=O) groups excluding carboxylic acids is 1. The van der Waals surface area contributed by atoms with E-state index in [0.717, 1.165) is 19.3 Å². The molecular weight excluding hydrogens is 184 g/mol. The highest BCUT2D eigenvalue weighted by Crippen LogP contribution is 2.35. The van der Waals surface area contributed by atoms with E-state index in [0.29, 0.717) is 5.78 Å². The highest BCUT2D eigenvalue weighted by molar-refractivity contribution is 5.89. The molecule has 2 rings (SSSR count). The fraction of sp³-hybridized carbons (Fsp3) is 0.500. The lowest BCUT2D eigenvalue weighted by atomic mass is 9.75. The summed E-state index contributed by atoms with van der Waals surface area (Å²) in [5.41, 5.74) is 0.967. The van der Waals surface area contributed by atoms with Gasteiger partial charge in [-0.1, -0.05) is 43.2 Å². The van der Waals surface area contributed by atoms with E-state index < -0.39 is 0 Å². The highest BCUT2D eigenvalue weighted by atomic mass is 16.1. The molecule has 0 spiro atoms. The van der Waals surface area contributed by atoms with E-state index in [4.69, 9.17) is 0 Å². The molecule has 1 atom stereocenters. The Hall–Kier alpha value is -1.11. The van der Waals surface area contributed by atoms with Gasteiger partial charge in [0.1, 0.15) is 5.78 Å². The first-order chi connectivity index (χ1) is 7.23. The molecule has 1 heteroatoms. The highest BCUT2D eigenvalue weighted by Gasteiger charge is 2.34. The number of hydrogen-bond acceptors (Lipinski definition) is 1. The summed E-state index contributed by atoms with van der Waals surface area (Å²) in [6.45, 7) is 2.11. The third-order valence-electron chi connectivity index (χ3n) is 3.61. The quantitative estimate of drug-likeness (QED) is 0.637. The van der Waals surface area contributed by atoms with Crippen LogP contribution < -0.4 is 0 Å². The fourth-order valence-electron chi connectivity index (χ4n) is 2.47. The minimum absolute atomic E-state index is 0.224. The van der Waals surface area contributed by atoms with Gasteiger partial charge in [-0.25, -0.2) is 0 Å². The summed E-state index contributed by atoms with van der Waals surface area (Å²) in [6, 6.07) is 10.2. The third kappa shape index (κ3) is 1.97. The molecule has 0 bridgehead atoms. The Morgan fingerprint density at radius 1 is 1.07 bits per heavy atom. The molecule has 1 saturated carbocycles. The summed E-state index contributed by atoms with van der Waals surface area (Å²) in [5, 5.41) is 0. The molecule has 0 aliphatic heterocycles. The fourth-order valence-corrected chi connectivity index (χ4v) is 2.47. The third-order valence-corrected chi connectivity index (χ3v) is 3.61. The van der Waals surface area contributed by atoms with Crippen molar-refractivity contribution < 1.29 is 4.79 Å². The molecule has 0 N–H and O–H groups in total. The lowest BCUT2D eigenvalue weighted by Crippen LogP contribution is -2.31. The van der Waals surface area contributed by atoms with Crippen LogP contribution >= 0.6 is 0 Å². The average molecular weight is 202 g/mol. The van der Waals surface area contributed by atoms with Crippen LogP contribution in [0.3, 0.4) is 0 Å². The van der Waals surface area contributed by atoms with Crippen molar-refractivity contribution in [2.75, 3.05) is 0 Å². The van der Waals surface area contributed by atoms with Gasteiger partial charge < -0.3 is 0 Å². The van der Waals surface area contributed by atoms with Gasteiger partial charge in [0.2, 0.25) is 0 Å². The van der Waals surface area contributed by atoms with Crippen molar-refractivity contribution in [2.24, 2.45) is 0 Å². The predicted octanol–water partition coefficient (Wildman–Crippen LogP) is 3.48. The number of Topliss-reactive ketones (excluding diaryl/α,β-unsaturated/α-hetero) is 1.